The van der Waals surface area contributed by atoms with E-state index in [1.54, 1.807) is 37.0 Å². The van der Waals surface area contributed by atoms with Crippen molar-refractivity contribution in [3.63, 3.8) is 0 Å². The first-order valence-electron chi connectivity index (χ1n) is 8.34. The summed E-state index contributed by atoms with van der Waals surface area (Å²) in [6.45, 7) is 1.10. The number of aryl methyl sites for hydroxylation is 1. The van der Waals surface area contributed by atoms with Gasteiger partial charge >= 0.3 is 0 Å². The van der Waals surface area contributed by atoms with Gasteiger partial charge in [0.25, 0.3) is 10.2 Å². The second-order valence-electron chi connectivity index (χ2n) is 6.62. The van der Waals surface area contributed by atoms with Crippen molar-refractivity contribution in [2.45, 2.75) is 19.3 Å². The molecule has 2 aromatic heterocycles. The van der Waals surface area contributed by atoms with Crippen molar-refractivity contribution >= 4 is 10.2 Å². The van der Waals surface area contributed by atoms with Crippen molar-refractivity contribution in [2.24, 2.45) is 13.0 Å². The third kappa shape index (κ3) is 3.88. The number of imidazole rings is 1. The first kappa shape index (κ1) is 18.0. The summed E-state index contributed by atoms with van der Waals surface area (Å²) in [5.74, 6) is 1.02. The predicted octanol–water partition coefficient (Wildman–Crippen LogP) is 0.938. The Morgan fingerprint density at radius 2 is 2.12 bits per heavy atom. The average Bonchev–Trinajstić information content (AvgIpc) is 3.01. The molecular weight excluding hydrogens is 340 g/mol. The molecule has 0 N–H and O–H groups in total. The van der Waals surface area contributed by atoms with E-state index in [1.165, 1.54) is 4.31 Å². The molecule has 3 rings (SSSR count). The highest BCUT2D eigenvalue weighted by molar-refractivity contribution is 7.86. The van der Waals surface area contributed by atoms with Crippen molar-refractivity contribution in [1.29, 1.82) is 0 Å². The Balaban J connectivity index is 1.73. The van der Waals surface area contributed by atoms with Gasteiger partial charge in [-0.2, -0.15) is 17.0 Å². The van der Waals surface area contributed by atoms with Gasteiger partial charge in [-0.15, -0.1) is 0 Å². The lowest BCUT2D eigenvalue weighted by Gasteiger charge is -2.33. The molecular formula is C16H24N6O2S. The van der Waals surface area contributed by atoms with Crippen LogP contribution >= 0.6 is 0 Å². The number of piperidine rings is 1. The number of rotatable bonds is 5. The van der Waals surface area contributed by atoms with Crippen LogP contribution in [0.4, 0.5) is 0 Å². The van der Waals surface area contributed by atoms with Crippen LogP contribution in [0, 0.1) is 5.92 Å². The topological polar surface area (TPSA) is 84.2 Å². The molecule has 0 unspecified atom stereocenters. The number of aromatic nitrogens is 4. The van der Waals surface area contributed by atoms with Gasteiger partial charge in [0.1, 0.15) is 5.69 Å². The SMILES string of the molecule is CN(C)S(=O)(=O)N1CCC[C@@H](Cc2cncc(-c3nccn3C)n2)C1. The highest BCUT2D eigenvalue weighted by Crippen LogP contribution is 2.23. The summed E-state index contributed by atoms with van der Waals surface area (Å²) >= 11 is 0. The first-order chi connectivity index (χ1) is 11.9. The normalized spacial score (nSPS) is 19.4. The molecule has 1 aliphatic heterocycles. The van der Waals surface area contributed by atoms with Gasteiger partial charge in [-0.3, -0.25) is 4.98 Å². The Morgan fingerprint density at radius 3 is 2.80 bits per heavy atom. The number of hydrogen-bond acceptors (Lipinski definition) is 5. The minimum atomic E-state index is -3.36. The van der Waals surface area contributed by atoms with Gasteiger partial charge in [0.2, 0.25) is 0 Å². The Hall–Kier alpha value is -1.84. The zero-order valence-corrected chi connectivity index (χ0v) is 15.6. The molecule has 8 nitrogen and oxygen atoms in total. The molecule has 2 aromatic rings. The van der Waals surface area contributed by atoms with E-state index in [2.05, 4.69) is 15.0 Å². The average molecular weight is 364 g/mol. The third-order valence-corrected chi connectivity index (χ3v) is 6.41. The Morgan fingerprint density at radius 1 is 1.32 bits per heavy atom. The highest BCUT2D eigenvalue weighted by Gasteiger charge is 2.30. The first-order valence-corrected chi connectivity index (χ1v) is 9.74. The fourth-order valence-corrected chi connectivity index (χ4v) is 4.38. The molecule has 25 heavy (non-hydrogen) atoms. The van der Waals surface area contributed by atoms with Crippen molar-refractivity contribution in [3.05, 3.63) is 30.5 Å². The largest absolute Gasteiger partial charge is 0.333 e. The van der Waals surface area contributed by atoms with Crippen molar-refractivity contribution < 1.29 is 8.42 Å². The molecule has 0 radical (unpaired) electrons. The van der Waals surface area contributed by atoms with Crippen LogP contribution in [0.1, 0.15) is 18.5 Å². The molecule has 3 heterocycles. The van der Waals surface area contributed by atoms with Crippen molar-refractivity contribution in [1.82, 2.24) is 28.1 Å². The number of hydrogen-bond donors (Lipinski definition) is 0. The van der Waals surface area contributed by atoms with E-state index in [-0.39, 0.29) is 5.92 Å². The fourth-order valence-electron chi connectivity index (χ4n) is 3.15. The summed E-state index contributed by atoms with van der Waals surface area (Å²) in [4.78, 5) is 13.3. The van der Waals surface area contributed by atoms with E-state index in [0.717, 1.165) is 30.1 Å². The highest BCUT2D eigenvalue weighted by atomic mass is 32.2. The molecule has 0 aromatic carbocycles. The zero-order valence-electron chi connectivity index (χ0n) is 14.8. The lowest BCUT2D eigenvalue weighted by atomic mass is 9.95. The summed E-state index contributed by atoms with van der Waals surface area (Å²) < 4.78 is 29.4. The maximum Gasteiger partial charge on any atom is 0.281 e. The molecule has 9 heteroatoms. The summed E-state index contributed by atoms with van der Waals surface area (Å²) in [6.07, 6.45) is 9.63. The van der Waals surface area contributed by atoms with Crippen LogP contribution in [-0.2, 0) is 23.7 Å². The molecule has 0 aliphatic carbocycles. The van der Waals surface area contributed by atoms with Crippen LogP contribution < -0.4 is 0 Å². The van der Waals surface area contributed by atoms with Gasteiger partial charge in [0.15, 0.2) is 5.82 Å². The minimum absolute atomic E-state index is 0.245. The van der Waals surface area contributed by atoms with Crippen LogP contribution in [0.2, 0.25) is 0 Å². The van der Waals surface area contributed by atoms with E-state index >= 15 is 0 Å². The molecule has 1 aliphatic rings. The van der Waals surface area contributed by atoms with Gasteiger partial charge in [0, 0.05) is 52.8 Å². The van der Waals surface area contributed by atoms with E-state index in [9.17, 15) is 8.42 Å². The standard InChI is InChI=1S/C16H24N6O2S/c1-20(2)25(23,24)22-7-4-5-13(12-22)9-14-10-17-11-15(19-14)16-18-6-8-21(16)3/h6,8,10-11,13H,4-5,7,9,12H2,1-3H3/t13-/m0/s1. The molecule has 136 valence electrons. The van der Waals surface area contributed by atoms with Crippen LogP contribution in [0.5, 0.6) is 0 Å². The smallest absolute Gasteiger partial charge is 0.281 e. The van der Waals surface area contributed by atoms with Crippen molar-refractivity contribution in [3.8, 4) is 11.5 Å². The molecule has 0 bridgehead atoms. The summed E-state index contributed by atoms with van der Waals surface area (Å²) in [5.41, 5.74) is 1.60. The minimum Gasteiger partial charge on any atom is -0.333 e. The predicted molar refractivity (Wildman–Crippen MR) is 94.8 cm³/mol. The molecule has 1 saturated heterocycles. The fraction of sp³-hybridized carbons (Fsp3) is 0.562. The molecule has 0 saturated carbocycles. The summed E-state index contributed by atoms with van der Waals surface area (Å²) in [5, 5.41) is 0. The van der Waals surface area contributed by atoms with Gasteiger partial charge in [-0.25, -0.2) is 9.97 Å². The van der Waals surface area contributed by atoms with E-state index in [1.807, 2.05) is 17.8 Å². The van der Waals surface area contributed by atoms with Gasteiger partial charge in [0.05, 0.1) is 11.9 Å². The Labute approximate surface area is 148 Å². The summed E-state index contributed by atoms with van der Waals surface area (Å²) in [7, 11) is 1.70. The van der Waals surface area contributed by atoms with E-state index < -0.39 is 10.2 Å². The summed E-state index contributed by atoms with van der Waals surface area (Å²) in [6, 6.07) is 0. The Bertz CT molecular complexity index is 833. The lowest BCUT2D eigenvalue weighted by molar-refractivity contribution is 0.253. The number of nitrogens with zero attached hydrogens (tertiary/aromatic N) is 6. The maximum atomic E-state index is 12.3. The maximum absolute atomic E-state index is 12.3. The van der Waals surface area contributed by atoms with Gasteiger partial charge in [-0.05, 0) is 25.2 Å². The second-order valence-corrected chi connectivity index (χ2v) is 8.76. The molecule has 0 amide bonds. The van der Waals surface area contributed by atoms with E-state index in [4.69, 9.17) is 0 Å². The monoisotopic (exact) mass is 364 g/mol. The third-order valence-electron chi connectivity index (χ3n) is 4.50. The second kappa shape index (κ2) is 7.19. The van der Waals surface area contributed by atoms with E-state index in [0.29, 0.717) is 19.5 Å². The van der Waals surface area contributed by atoms with Crippen LogP contribution in [0.25, 0.3) is 11.5 Å². The zero-order chi connectivity index (χ0) is 18.0. The lowest BCUT2D eigenvalue weighted by Crippen LogP contribution is -2.45. The van der Waals surface area contributed by atoms with Gasteiger partial charge in [-0.1, -0.05) is 0 Å². The van der Waals surface area contributed by atoms with Crippen LogP contribution in [-0.4, -0.2) is 63.7 Å². The van der Waals surface area contributed by atoms with Gasteiger partial charge < -0.3 is 4.57 Å². The molecule has 1 atom stereocenters. The van der Waals surface area contributed by atoms with Crippen LogP contribution in [0.15, 0.2) is 24.8 Å². The van der Waals surface area contributed by atoms with Crippen molar-refractivity contribution in [2.75, 3.05) is 27.2 Å². The quantitative estimate of drug-likeness (QED) is 0.788. The molecule has 1 fully saturated rings. The Kier molecular flexibility index (Phi) is 5.16. The molecule has 0 spiro atoms. The van der Waals surface area contributed by atoms with Crippen LogP contribution in [0.3, 0.4) is 0 Å².